The lowest BCUT2D eigenvalue weighted by Gasteiger charge is -2.11. The predicted octanol–water partition coefficient (Wildman–Crippen LogP) is 2.76. The van der Waals surface area contributed by atoms with E-state index in [1.807, 2.05) is 30.3 Å². The van der Waals surface area contributed by atoms with E-state index in [0.29, 0.717) is 22.2 Å². The van der Waals surface area contributed by atoms with Gasteiger partial charge in [-0.15, -0.1) is 0 Å². The van der Waals surface area contributed by atoms with E-state index < -0.39 is 5.97 Å². The van der Waals surface area contributed by atoms with Crippen molar-refractivity contribution in [2.45, 2.75) is 13.8 Å². The molecule has 0 amide bonds. The second kappa shape index (κ2) is 6.54. The number of carbonyl (C=O) groups is 1. The number of aromatic nitrogens is 2. The van der Waals surface area contributed by atoms with Gasteiger partial charge in [0.25, 0.3) is 5.56 Å². The highest BCUT2D eigenvalue weighted by molar-refractivity contribution is 5.94. The Labute approximate surface area is 138 Å². The Morgan fingerprint density at radius 3 is 2.71 bits per heavy atom. The van der Waals surface area contributed by atoms with E-state index >= 15 is 0 Å². The van der Waals surface area contributed by atoms with Gasteiger partial charge in [-0.25, -0.2) is 9.47 Å². The van der Waals surface area contributed by atoms with Crippen LogP contribution in [0.25, 0.3) is 10.9 Å². The largest absolute Gasteiger partial charge is 0.462 e. The Hall–Kier alpha value is -3.15. The molecule has 0 bridgehead atoms. The van der Waals surface area contributed by atoms with Crippen molar-refractivity contribution in [3.05, 3.63) is 70.3 Å². The van der Waals surface area contributed by atoms with Gasteiger partial charge in [0.15, 0.2) is 0 Å². The Morgan fingerprint density at radius 2 is 2.00 bits per heavy atom. The zero-order chi connectivity index (χ0) is 17.1. The van der Waals surface area contributed by atoms with Crippen molar-refractivity contribution in [3.8, 4) is 0 Å². The minimum absolute atomic E-state index is 0.269. The van der Waals surface area contributed by atoms with Crippen LogP contribution >= 0.6 is 0 Å². The second-order valence-corrected chi connectivity index (χ2v) is 5.24. The molecule has 1 N–H and O–H groups in total. The highest BCUT2D eigenvalue weighted by Gasteiger charge is 2.14. The number of rotatable bonds is 4. The van der Waals surface area contributed by atoms with Crippen LogP contribution in [-0.4, -0.2) is 22.2 Å². The standard InChI is InChI=1S/C18H17N3O3/c1-3-24-18(23)14-11-15-16(19-12(14)2)9-10-21(17(15)22)20-13-7-5-4-6-8-13/h4-11,20H,3H2,1-2H3. The molecule has 0 aliphatic carbocycles. The van der Waals surface area contributed by atoms with Gasteiger partial charge in [-0.05, 0) is 38.1 Å². The topological polar surface area (TPSA) is 73.2 Å². The minimum atomic E-state index is -0.477. The fourth-order valence-electron chi connectivity index (χ4n) is 2.42. The van der Waals surface area contributed by atoms with Gasteiger partial charge in [-0.3, -0.25) is 15.2 Å². The Balaban J connectivity index is 2.08. The molecule has 6 heteroatoms. The second-order valence-electron chi connectivity index (χ2n) is 5.24. The molecule has 0 aliphatic rings. The molecular formula is C18H17N3O3. The number of carbonyl (C=O) groups excluding carboxylic acids is 1. The maximum Gasteiger partial charge on any atom is 0.339 e. The van der Waals surface area contributed by atoms with Crippen molar-refractivity contribution in [2.24, 2.45) is 0 Å². The number of ether oxygens (including phenoxy) is 1. The monoisotopic (exact) mass is 323 g/mol. The Bertz CT molecular complexity index is 949. The highest BCUT2D eigenvalue weighted by atomic mass is 16.5. The van der Waals surface area contributed by atoms with Crippen LogP contribution in [0.5, 0.6) is 0 Å². The molecule has 0 saturated heterocycles. The van der Waals surface area contributed by atoms with Gasteiger partial charge in [-0.2, -0.15) is 0 Å². The molecule has 122 valence electrons. The molecule has 0 atom stereocenters. The maximum atomic E-state index is 12.7. The molecule has 3 rings (SSSR count). The first-order valence-electron chi connectivity index (χ1n) is 7.62. The first kappa shape index (κ1) is 15.7. The molecule has 0 aliphatic heterocycles. The average Bonchev–Trinajstić information content (AvgIpc) is 2.58. The number of para-hydroxylation sites is 1. The van der Waals surface area contributed by atoms with Crippen molar-refractivity contribution in [3.63, 3.8) is 0 Å². The zero-order valence-electron chi connectivity index (χ0n) is 13.4. The Morgan fingerprint density at radius 1 is 1.25 bits per heavy atom. The summed E-state index contributed by atoms with van der Waals surface area (Å²) >= 11 is 0. The molecule has 24 heavy (non-hydrogen) atoms. The van der Waals surface area contributed by atoms with Gasteiger partial charge in [0.2, 0.25) is 0 Å². The molecule has 0 unspecified atom stereocenters. The third kappa shape index (κ3) is 2.99. The fraction of sp³-hybridized carbons (Fsp3) is 0.167. The van der Waals surface area contributed by atoms with E-state index in [-0.39, 0.29) is 12.2 Å². The summed E-state index contributed by atoms with van der Waals surface area (Å²) < 4.78 is 6.38. The maximum absolute atomic E-state index is 12.7. The van der Waals surface area contributed by atoms with Crippen molar-refractivity contribution < 1.29 is 9.53 Å². The van der Waals surface area contributed by atoms with Gasteiger partial charge in [0, 0.05) is 6.20 Å². The van der Waals surface area contributed by atoms with E-state index in [0.717, 1.165) is 5.69 Å². The number of fused-ring (bicyclic) bond motifs is 1. The lowest BCUT2D eigenvalue weighted by Crippen LogP contribution is -2.26. The number of nitrogens with zero attached hydrogens (tertiary/aromatic N) is 2. The van der Waals surface area contributed by atoms with Crippen LogP contribution in [0.15, 0.2) is 53.5 Å². The number of esters is 1. The van der Waals surface area contributed by atoms with Crippen LogP contribution in [0.3, 0.4) is 0 Å². The predicted molar refractivity (Wildman–Crippen MR) is 92.2 cm³/mol. The number of nitrogens with one attached hydrogen (secondary N) is 1. The van der Waals surface area contributed by atoms with Crippen LogP contribution in [0, 0.1) is 6.92 Å². The summed E-state index contributed by atoms with van der Waals surface area (Å²) in [6, 6.07) is 12.6. The smallest absolute Gasteiger partial charge is 0.339 e. The van der Waals surface area contributed by atoms with E-state index in [1.165, 1.54) is 4.68 Å². The van der Waals surface area contributed by atoms with Crippen molar-refractivity contribution >= 4 is 22.6 Å². The van der Waals surface area contributed by atoms with Crippen LogP contribution < -0.4 is 11.0 Å². The zero-order valence-corrected chi connectivity index (χ0v) is 13.4. The molecule has 0 saturated carbocycles. The van der Waals surface area contributed by atoms with Crippen molar-refractivity contribution in [2.75, 3.05) is 12.0 Å². The number of pyridine rings is 2. The number of hydrogen-bond acceptors (Lipinski definition) is 5. The van der Waals surface area contributed by atoms with Gasteiger partial charge in [0.05, 0.1) is 34.5 Å². The minimum Gasteiger partial charge on any atom is -0.462 e. The highest BCUT2D eigenvalue weighted by Crippen LogP contribution is 2.15. The van der Waals surface area contributed by atoms with Crippen molar-refractivity contribution in [1.29, 1.82) is 0 Å². The summed E-state index contributed by atoms with van der Waals surface area (Å²) in [5.41, 5.74) is 4.89. The van der Waals surface area contributed by atoms with Crippen LogP contribution in [0.4, 0.5) is 5.69 Å². The van der Waals surface area contributed by atoms with E-state index in [2.05, 4.69) is 10.4 Å². The normalized spacial score (nSPS) is 10.6. The van der Waals surface area contributed by atoms with Gasteiger partial charge >= 0.3 is 5.97 Å². The average molecular weight is 323 g/mol. The number of aryl methyl sites for hydroxylation is 1. The summed E-state index contributed by atoms with van der Waals surface area (Å²) in [5, 5.41) is 0.356. The molecule has 6 nitrogen and oxygen atoms in total. The lowest BCUT2D eigenvalue weighted by molar-refractivity contribution is 0.0525. The van der Waals surface area contributed by atoms with Crippen LogP contribution in [0.2, 0.25) is 0 Å². The summed E-state index contributed by atoms with van der Waals surface area (Å²) in [7, 11) is 0. The van der Waals surface area contributed by atoms with E-state index in [1.54, 1.807) is 32.2 Å². The Kier molecular flexibility index (Phi) is 4.29. The molecule has 3 aromatic rings. The molecule has 2 aromatic heterocycles. The van der Waals surface area contributed by atoms with Gasteiger partial charge < -0.3 is 4.74 Å². The first-order valence-corrected chi connectivity index (χ1v) is 7.62. The number of benzene rings is 1. The number of hydrogen-bond donors (Lipinski definition) is 1. The molecular weight excluding hydrogens is 306 g/mol. The molecule has 2 heterocycles. The molecule has 0 radical (unpaired) electrons. The third-order valence-corrected chi connectivity index (χ3v) is 3.59. The quantitative estimate of drug-likeness (QED) is 0.747. The summed E-state index contributed by atoms with van der Waals surface area (Å²) in [6.45, 7) is 3.73. The van der Waals surface area contributed by atoms with Crippen LogP contribution in [-0.2, 0) is 4.74 Å². The summed E-state index contributed by atoms with van der Waals surface area (Å²) in [5.74, 6) is -0.477. The molecule has 1 aromatic carbocycles. The SMILES string of the molecule is CCOC(=O)c1cc2c(=O)n(Nc3ccccc3)ccc2nc1C. The van der Waals surface area contributed by atoms with Gasteiger partial charge in [-0.1, -0.05) is 18.2 Å². The van der Waals surface area contributed by atoms with Crippen molar-refractivity contribution in [1.82, 2.24) is 9.66 Å². The summed E-state index contributed by atoms with van der Waals surface area (Å²) in [6.07, 6.45) is 1.62. The lowest BCUT2D eigenvalue weighted by atomic mass is 10.1. The van der Waals surface area contributed by atoms with E-state index in [4.69, 9.17) is 4.74 Å². The molecule has 0 spiro atoms. The first-order chi connectivity index (χ1) is 11.6. The summed E-state index contributed by atoms with van der Waals surface area (Å²) in [4.78, 5) is 29.0. The van der Waals surface area contributed by atoms with Gasteiger partial charge in [0.1, 0.15) is 0 Å². The molecule has 0 fully saturated rings. The number of anilines is 1. The fourth-order valence-corrected chi connectivity index (χ4v) is 2.42. The van der Waals surface area contributed by atoms with Crippen LogP contribution in [0.1, 0.15) is 23.0 Å². The third-order valence-electron chi connectivity index (χ3n) is 3.59. The van der Waals surface area contributed by atoms with E-state index in [9.17, 15) is 9.59 Å².